The second kappa shape index (κ2) is 49.9. The maximum atomic E-state index is 14.4. The van der Waals surface area contributed by atoms with Crippen LogP contribution in [0.15, 0.2) is 194 Å². The van der Waals surface area contributed by atoms with Gasteiger partial charge in [0.1, 0.15) is 48.3 Å². The molecule has 2 unspecified atom stereocenters. The van der Waals surface area contributed by atoms with E-state index < -0.39 is 18.0 Å². The maximum Gasteiger partial charge on any atom is 0.320 e. The van der Waals surface area contributed by atoms with E-state index in [9.17, 15) is 32.3 Å². The second-order valence-corrected chi connectivity index (χ2v) is 34.7. The lowest BCUT2D eigenvalue weighted by atomic mass is 9.97. The second-order valence-electron chi connectivity index (χ2n) is 34.7. The summed E-state index contributed by atoms with van der Waals surface area (Å²) in [6.45, 7) is 23.7. The summed E-state index contributed by atoms with van der Waals surface area (Å²) < 4.78 is 94.0. The molecule has 4 aliphatic heterocycles. The highest BCUT2D eigenvalue weighted by atomic mass is 19.1. The minimum atomic E-state index is -1.40. The van der Waals surface area contributed by atoms with E-state index >= 15 is 0 Å². The smallest absolute Gasteiger partial charge is 0.320 e. The number of halogens is 3. The molecule has 138 heavy (non-hydrogen) atoms. The van der Waals surface area contributed by atoms with Crippen molar-refractivity contribution in [3.05, 3.63) is 283 Å². The fourth-order valence-electron chi connectivity index (χ4n) is 15.7. The van der Waals surface area contributed by atoms with Crippen molar-refractivity contribution in [2.45, 2.75) is 145 Å². The zero-order chi connectivity index (χ0) is 97.6. The third kappa shape index (κ3) is 27.8. The molecule has 0 bridgehead atoms. The SMILES string of the molecule is COCc1ccc(C)c(CNC(=O)Nc2c(C)c(OC3CNC3)nn2-c2ccccc2)c1.COCc1ccc(C)c(CNC(=O)Nc2c(C)c(OCC3(F)CNC3)nn2-c2ccccc2)c1.COCc1ccc(C)c(CNC(=O)Nc2c(C)c(OCC3CCNC[C@H]3F)nn2-c2ccccc2)c1.COCc1ccc(C)c(CNC(=O)Nc2c(C)c(OCC3CCNC[C@H]3F)nn2-c2ccccc2)c1. The van der Waals surface area contributed by atoms with Gasteiger partial charge < -0.3 is 80.4 Å². The number of para-hydroxylation sites is 4. The lowest BCUT2D eigenvalue weighted by Gasteiger charge is -2.34. The van der Waals surface area contributed by atoms with Crippen molar-refractivity contribution >= 4 is 47.4 Å². The number of amides is 8. The van der Waals surface area contributed by atoms with Crippen LogP contribution in [0.3, 0.4) is 0 Å². The number of hydrogen-bond donors (Lipinski definition) is 12. The number of ether oxygens (including phenoxy) is 8. The summed E-state index contributed by atoms with van der Waals surface area (Å²) in [5.41, 5.74) is 17.1. The number of carbonyl (C=O) groups is 4. The minimum Gasteiger partial charge on any atom is -0.476 e. The Morgan fingerprint density at radius 3 is 0.913 bits per heavy atom. The molecule has 8 aromatic carbocycles. The van der Waals surface area contributed by atoms with E-state index in [0.717, 1.165) is 121 Å². The molecule has 0 radical (unpaired) electrons. The first-order valence-corrected chi connectivity index (χ1v) is 46.3. The standard InChI is InChI=1S/2C27H34FN5O3.C25H30FN5O3.C24H29N5O3/c2*1-18-9-10-20(16-35-3)13-22(18)14-30-27(34)31-25-19(2)26(32-33(25)23-7-5-4-6-8-23)36-17-21-11-12-29-15-24(21)28;1-17-9-10-19(13-33-3)11-20(17)12-28-24(32)29-22-18(2)23(34-16-25(26)14-27-15-25)30-31(22)21-7-5-4-6-8-21;1-16-9-10-18(15-31-3)11-19(16)12-26-24(30)27-22-17(2)23(32-21-13-25-14-21)28-29(22)20-7-5-4-6-8-20/h2*4-10,13,21,24,29H,11-12,14-17H2,1-3H3,(H2,30,31,34);4-11,27H,12-16H2,1-3H3,(H2,28,29,32);4-11,21,25H,12-15H2,1-3H3,(H2,26,27,30)/t2*21?,24-;;/m11../s1. The molecular weight excluding hydrogens is 1770 g/mol. The number of methoxy groups -OCH3 is 4. The van der Waals surface area contributed by atoms with E-state index in [-0.39, 0.29) is 80.9 Å². The number of benzene rings is 8. The number of urea groups is 4. The molecule has 8 heterocycles. The Balaban J connectivity index is 0.000000155. The van der Waals surface area contributed by atoms with Crippen LogP contribution in [0.5, 0.6) is 23.5 Å². The first-order chi connectivity index (χ1) is 66.8. The van der Waals surface area contributed by atoms with Gasteiger partial charge in [-0.25, -0.2) is 51.1 Å². The summed E-state index contributed by atoms with van der Waals surface area (Å²) in [4.78, 5) is 51.5. The Labute approximate surface area is 803 Å². The van der Waals surface area contributed by atoms with Gasteiger partial charge in [-0.15, -0.1) is 20.4 Å². The normalized spacial score (nSPS) is 15.8. The molecule has 4 saturated heterocycles. The summed E-state index contributed by atoms with van der Waals surface area (Å²) in [7, 11) is 6.63. The molecule has 32 nitrogen and oxygen atoms in total. The molecule has 0 saturated carbocycles. The number of aromatic nitrogens is 8. The van der Waals surface area contributed by atoms with Gasteiger partial charge in [-0.1, -0.05) is 146 Å². The summed E-state index contributed by atoms with van der Waals surface area (Å²) in [6.07, 6.45) is -0.401. The number of hydrogen-bond acceptors (Lipinski definition) is 20. The van der Waals surface area contributed by atoms with Gasteiger partial charge in [0.15, 0.2) is 5.67 Å². The Hall–Kier alpha value is -13.7. The van der Waals surface area contributed by atoms with E-state index in [2.05, 4.69) is 90.3 Å². The van der Waals surface area contributed by atoms with Crippen LogP contribution < -0.4 is 82.7 Å². The van der Waals surface area contributed by atoms with Gasteiger partial charge in [-0.2, -0.15) is 0 Å². The number of anilines is 4. The lowest BCUT2D eigenvalue weighted by molar-refractivity contribution is 0.0325. The molecule has 0 spiro atoms. The number of aryl methyl sites for hydroxylation is 4. The first-order valence-electron chi connectivity index (χ1n) is 46.3. The average molecular weight is 1890 g/mol. The summed E-state index contributed by atoms with van der Waals surface area (Å²) >= 11 is 0. The zero-order valence-corrected chi connectivity index (χ0v) is 80.3. The van der Waals surface area contributed by atoms with Crippen LogP contribution in [-0.4, -0.2) is 188 Å². The predicted octanol–water partition coefficient (Wildman–Crippen LogP) is 15.5. The van der Waals surface area contributed by atoms with Crippen molar-refractivity contribution in [2.24, 2.45) is 11.8 Å². The molecule has 16 rings (SSSR count). The molecule has 12 aromatic rings. The molecule has 4 fully saturated rings. The van der Waals surface area contributed by atoms with Gasteiger partial charge in [0.25, 0.3) is 0 Å². The number of nitrogens with zero attached hydrogens (tertiary/aromatic N) is 8. The van der Waals surface area contributed by atoms with Crippen molar-refractivity contribution in [1.29, 1.82) is 0 Å². The predicted molar refractivity (Wildman–Crippen MR) is 526 cm³/mol. The monoisotopic (exact) mass is 1890 g/mol. The van der Waals surface area contributed by atoms with Gasteiger partial charge in [-0.3, -0.25) is 21.3 Å². The number of alkyl halides is 3. The molecule has 4 atom stereocenters. The number of carbonyl (C=O) groups excluding carboxylic acids is 4. The Bertz CT molecular complexity index is 5820. The molecule has 12 N–H and O–H groups in total. The average Bonchev–Trinajstić information content (AvgIpc) is 1.66. The van der Waals surface area contributed by atoms with Crippen molar-refractivity contribution in [2.75, 3.05) is 122 Å². The van der Waals surface area contributed by atoms with Crippen LogP contribution in [-0.2, 0) is 71.6 Å². The zero-order valence-electron chi connectivity index (χ0n) is 80.3. The van der Waals surface area contributed by atoms with Crippen molar-refractivity contribution < 1.29 is 70.2 Å². The minimum absolute atomic E-state index is 0.0943. The molecule has 0 aliphatic carbocycles. The Kier molecular flexibility index (Phi) is 36.8. The van der Waals surface area contributed by atoms with E-state index in [1.807, 2.05) is 237 Å². The number of rotatable bonds is 35. The van der Waals surface area contributed by atoms with Gasteiger partial charge in [-0.05, 0) is 197 Å². The van der Waals surface area contributed by atoms with Crippen LogP contribution in [0.2, 0.25) is 0 Å². The van der Waals surface area contributed by atoms with Crippen LogP contribution in [0.25, 0.3) is 22.7 Å². The topological polar surface area (TPSA) is 358 Å². The quantitative estimate of drug-likeness (QED) is 0.0175. The largest absolute Gasteiger partial charge is 0.476 e. The van der Waals surface area contributed by atoms with E-state index in [0.29, 0.717) is 136 Å². The highest BCUT2D eigenvalue weighted by Gasteiger charge is 2.39. The number of nitrogens with one attached hydrogen (secondary N) is 12. The molecule has 35 heteroatoms. The van der Waals surface area contributed by atoms with Gasteiger partial charge in [0, 0.05) is 106 Å². The van der Waals surface area contributed by atoms with Crippen LogP contribution in [0, 0.1) is 67.2 Å². The van der Waals surface area contributed by atoms with Crippen LogP contribution in [0.4, 0.5) is 55.6 Å². The third-order valence-corrected chi connectivity index (χ3v) is 24.2. The third-order valence-electron chi connectivity index (χ3n) is 24.2. The van der Waals surface area contributed by atoms with E-state index in [1.165, 1.54) is 0 Å². The fourth-order valence-corrected chi connectivity index (χ4v) is 15.7. The molecular formula is C103H127F3N20O12. The maximum absolute atomic E-state index is 14.4. The van der Waals surface area contributed by atoms with Crippen LogP contribution in [0.1, 0.15) is 102 Å². The Morgan fingerprint density at radius 2 is 0.652 bits per heavy atom. The van der Waals surface area contributed by atoms with Gasteiger partial charge in [0.2, 0.25) is 23.5 Å². The van der Waals surface area contributed by atoms with Crippen molar-refractivity contribution in [1.82, 2.24) is 81.7 Å². The molecule has 4 aromatic heterocycles. The van der Waals surface area contributed by atoms with Crippen molar-refractivity contribution in [3.8, 4) is 46.3 Å². The summed E-state index contributed by atoms with van der Waals surface area (Å²) in [5, 5.41) is 54.0. The van der Waals surface area contributed by atoms with E-state index in [4.69, 9.17) is 37.9 Å². The first kappa shape index (κ1) is 102. The van der Waals surface area contributed by atoms with Gasteiger partial charge in [0.05, 0.1) is 84.6 Å². The number of piperidine rings is 2. The van der Waals surface area contributed by atoms with E-state index in [1.54, 1.807) is 54.1 Å². The molecule has 732 valence electrons. The Morgan fingerprint density at radius 1 is 0.370 bits per heavy atom. The fraction of sp³-hybridized carbons (Fsp3) is 0.379. The van der Waals surface area contributed by atoms with Crippen LogP contribution >= 0.6 is 0 Å². The molecule has 4 aliphatic rings. The lowest BCUT2D eigenvalue weighted by Crippen LogP contribution is -2.59. The molecule has 8 amide bonds. The summed E-state index contributed by atoms with van der Waals surface area (Å²) in [5.74, 6) is 3.23. The van der Waals surface area contributed by atoms with Gasteiger partial charge >= 0.3 is 24.1 Å². The summed E-state index contributed by atoms with van der Waals surface area (Å²) in [6, 6.07) is 61.0. The highest BCUT2D eigenvalue weighted by molar-refractivity contribution is 5.92. The van der Waals surface area contributed by atoms with Crippen molar-refractivity contribution in [3.63, 3.8) is 0 Å². The highest BCUT2D eigenvalue weighted by Crippen LogP contribution is 2.36.